The summed E-state index contributed by atoms with van der Waals surface area (Å²) in [4.78, 5) is 11.1. The molecule has 0 aliphatic rings. The Morgan fingerprint density at radius 2 is 2.43 bits per heavy atom. The van der Waals surface area contributed by atoms with Crippen LogP contribution in [0, 0.1) is 5.92 Å². The van der Waals surface area contributed by atoms with Crippen molar-refractivity contribution in [1.82, 2.24) is 14.8 Å². The Hall–Kier alpha value is -1.10. The quantitative estimate of drug-likeness (QED) is 0.695. The lowest BCUT2D eigenvalue weighted by atomic mass is 10.0. The SMILES string of the molecule is CCCC(CCO)Cn1cn[nH]c1=O. The summed E-state index contributed by atoms with van der Waals surface area (Å²) in [6, 6.07) is 0. The van der Waals surface area contributed by atoms with Gasteiger partial charge in [0.1, 0.15) is 6.33 Å². The van der Waals surface area contributed by atoms with Crippen molar-refractivity contribution in [1.29, 1.82) is 0 Å². The van der Waals surface area contributed by atoms with Crippen LogP contribution in [0.2, 0.25) is 0 Å². The minimum Gasteiger partial charge on any atom is -0.396 e. The van der Waals surface area contributed by atoms with Crippen molar-refractivity contribution in [2.45, 2.75) is 32.7 Å². The number of nitrogens with zero attached hydrogens (tertiary/aromatic N) is 2. The molecule has 0 aliphatic heterocycles. The maximum atomic E-state index is 11.1. The number of aliphatic hydroxyl groups is 1. The summed E-state index contributed by atoms with van der Waals surface area (Å²) < 4.78 is 1.55. The van der Waals surface area contributed by atoms with Crippen molar-refractivity contribution in [3.8, 4) is 0 Å². The van der Waals surface area contributed by atoms with Crippen molar-refractivity contribution in [2.24, 2.45) is 5.92 Å². The van der Waals surface area contributed by atoms with Crippen LogP contribution in [0.1, 0.15) is 26.2 Å². The van der Waals surface area contributed by atoms with Crippen LogP contribution >= 0.6 is 0 Å². The molecule has 0 fully saturated rings. The van der Waals surface area contributed by atoms with Crippen LogP contribution in [-0.4, -0.2) is 26.5 Å². The van der Waals surface area contributed by atoms with Gasteiger partial charge in [0.05, 0.1) is 0 Å². The van der Waals surface area contributed by atoms with Gasteiger partial charge in [0.15, 0.2) is 0 Å². The number of aromatic amines is 1. The van der Waals surface area contributed by atoms with Gasteiger partial charge in [-0.05, 0) is 18.8 Å². The highest BCUT2D eigenvalue weighted by Gasteiger charge is 2.09. The maximum absolute atomic E-state index is 11.1. The molecule has 80 valence electrons. The van der Waals surface area contributed by atoms with Crippen molar-refractivity contribution in [2.75, 3.05) is 6.61 Å². The molecule has 0 saturated carbocycles. The molecule has 0 saturated heterocycles. The fraction of sp³-hybridized carbons (Fsp3) is 0.778. The van der Waals surface area contributed by atoms with E-state index < -0.39 is 0 Å². The molecule has 14 heavy (non-hydrogen) atoms. The summed E-state index contributed by atoms with van der Waals surface area (Å²) >= 11 is 0. The van der Waals surface area contributed by atoms with Crippen LogP contribution in [-0.2, 0) is 6.54 Å². The van der Waals surface area contributed by atoms with Gasteiger partial charge in [-0.15, -0.1) is 0 Å². The average molecular weight is 199 g/mol. The van der Waals surface area contributed by atoms with Crippen molar-refractivity contribution in [3.63, 3.8) is 0 Å². The van der Waals surface area contributed by atoms with Crippen LogP contribution in [0.15, 0.2) is 11.1 Å². The van der Waals surface area contributed by atoms with Crippen molar-refractivity contribution in [3.05, 3.63) is 16.8 Å². The van der Waals surface area contributed by atoms with Gasteiger partial charge in [0, 0.05) is 13.2 Å². The Bertz CT molecular complexity index is 299. The molecule has 0 aliphatic carbocycles. The lowest BCUT2D eigenvalue weighted by Gasteiger charge is -2.13. The first-order chi connectivity index (χ1) is 6.77. The number of aromatic nitrogens is 3. The fourth-order valence-electron chi connectivity index (χ4n) is 1.60. The smallest absolute Gasteiger partial charge is 0.343 e. The van der Waals surface area contributed by atoms with Gasteiger partial charge in [0.2, 0.25) is 0 Å². The normalized spacial score (nSPS) is 13.0. The number of hydrogen-bond acceptors (Lipinski definition) is 3. The zero-order valence-corrected chi connectivity index (χ0v) is 8.44. The van der Waals surface area contributed by atoms with E-state index in [9.17, 15) is 4.79 Å². The summed E-state index contributed by atoms with van der Waals surface area (Å²) in [7, 11) is 0. The Morgan fingerprint density at radius 1 is 1.64 bits per heavy atom. The number of rotatable bonds is 6. The first-order valence-corrected chi connectivity index (χ1v) is 4.98. The molecule has 0 aromatic carbocycles. The molecule has 2 N–H and O–H groups in total. The van der Waals surface area contributed by atoms with E-state index in [2.05, 4.69) is 17.1 Å². The van der Waals surface area contributed by atoms with Crippen molar-refractivity contribution < 1.29 is 5.11 Å². The number of hydrogen-bond donors (Lipinski definition) is 2. The highest BCUT2D eigenvalue weighted by molar-refractivity contribution is 4.67. The number of nitrogens with one attached hydrogen (secondary N) is 1. The molecular formula is C9H17N3O2. The minimum absolute atomic E-state index is 0.177. The molecule has 0 bridgehead atoms. The van der Waals surface area contributed by atoms with Gasteiger partial charge in [-0.3, -0.25) is 4.57 Å². The first kappa shape index (κ1) is 11.0. The van der Waals surface area contributed by atoms with Crippen LogP contribution in [0.3, 0.4) is 0 Å². The maximum Gasteiger partial charge on any atom is 0.343 e. The number of H-pyrrole nitrogens is 1. The van der Waals surface area contributed by atoms with Crippen molar-refractivity contribution >= 4 is 0 Å². The van der Waals surface area contributed by atoms with Gasteiger partial charge >= 0.3 is 5.69 Å². The van der Waals surface area contributed by atoms with E-state index in [1.54, 1.807) is 4.57 Å². The molecule has 1 rings (SSSR count). The summed E-state index contributed by atoms with van der Waals surface area (Å²) in [6.45, 7) is 2.92. The largest absolute Gasteiger partial charge is 0.396 e. The van der Waals surface area contributed by atoms with E-state index in [-0.39, 0.29) is 12.3 Å². The van der Waals surface area contributed by atoms with Gasteiger partial charge < -0.3 is 5.11 Å². The van der Waals surface area contributed by atoms with Gasteiger partial charge in [-0.1, -0.05) is 13.3 Å². The molecule has 1 atom stereocenters. The molecule has 1 aromatic heterocycles. The predicted molar refractivity (Wildman–Crippen MR) is 52.9 cm³/mol. The van der Waals surface area contributed by atoms with E-state index in [0.717, 1.165) is 19.3 Å². The fourth-order valence-corrected chi connectivity index (χ4v) is 1.60. The molecule has 1 heterocycles. The topological polar surface area (TPSA) is 70.9 Å². The van der Waals surface area contributed by atoms with E-state index in [1.807, 2.05) is 0 Å². The van der Waals surface area contributed by atoms with Gasteiger partial charge in [-0.2, -0.15) is 5.10 Å². The lowest BCUT2D eigenvalue weighted by Crippen LogP contribution is -2.21. The molecule has 0 spiro atoms. The molecule has 1 unspecified atom stereocenters. The van der Waals surface area contributed by atoms with E-state index in [1.165, 1.54) is 6.33 Å². The number of aliphatic hydroxyl groups excluding tert-OH is 1. The summed E-state index contributed by atoms with van der Waals surface area (Å²) in [5, 5.41) is 14.9. The summed E-state index contributed by atoms with van der Waals surface area (Å²) in [5.74, 6) is 0.361. The highest BCUT2D eigenvalue weighted by atomic mass is 16.3. The van der Waals surface area contributed by atoms with Crippen LogP contribution in [0.4, 0.5) is 0 Å². The van der Waals surface area contributed by atoms with Gasteiger partial charge in [-0.25, -0.2) is 9.89 Å². The zero-order chi connectivity index (χ0) is 10.4. The van der Waals surface area contributed by atoms with E-state index in [4.69, 9.17) is 5.11 Å². The zero-order valence-electron chi connectivity index (χ0n) is 8.44. The lowest BCUT2D eigenvalue weighted by molar-refractivity contribution is 0.239. The standard InChI is InChI=1S/C9H17N3O2/c1-2-3-8(4-5-13)6-12-7-10-11-9(12)14/h7-8,13H,2-6H2,1H3,(H,11,14). The Balaban J connectivity index is 2.55. The third-order valence-corrected chi connectivity index (χ3v) is 2.31. The molecule has 5 nitrogen and oxygen atoms in total. The summed E-state index contributed by atoms with van der Waals surface area (Å²) in [5.41, 5.74) is -0.177. The van der Waals surface area contributed by atoms with Gasteiger partial charge in [0.25, 0.3) is 0 Å². The molecular weight excluding hydrogens is 182 g/mol. The Labute approximate surface area is 82.8 Å². The first-order valence-electron chi connectivity index (χ1n) is 4.98. The van der Waals surface area contributed by atoms with E-state index >= 15 is 0 Å². The van der Waals surface area contributed by atoms with E-state index in [0.29, 0.717) is 12.5 Å². The van der Waals surface area contributed by atoms with Crippen LogP contribution < -0.4 is 5.69 Å². The van der Waals surface area contributed by atoms with Crippen LogP contribution in [0.5, 0.6) is 0 Å². The molecule has 0 amide bonds. The average Bonchev–Trinajstić information content (AvgIpc) is 2.53. The molecule has 5 heteroatoms. The second-order valence-corrected chi connectivity index (χ2v) is 3.48. The third-order valence-electron chi connectivity index (χ3n) is 2.31. The molecule has 0 radical (unpaired) electrons. The molecule has 1 aromatic rings. The summed E-state index contributed by atoms with van der Waals surface area (Å²) in [6.07, 6.45) is 4.34. The van der Waals surface area contributed by atoms with Crippen LogP contribution in [0.25, 0.3) is 0 Å². The second kappa shape index (κ2) is 5.59. The minimum atomic E-state index is -0.177. The third kappa shape index (κ3) is 2.99. The second-order valence-electron chi connectivity index (χ2n) is 3.48. The predicted octanol–water partition coefficient (Wildman–Crippen LogP) is 0.370. The monoisotopic (exact) mass is 199 g/mol. The highest BCUT2D eigenvalue weighted by Crippen LogP contribution is 2.12. The Kier molecular flexibility index (Phi) is 4.39. The Morgan fingerprint density at radius 3 is 2.93 bits per heavy atom.